The first-order chi connectivity index (χ1) is 7.44. The molecule has 0 unspecified atom stereocenters. The van der Waals surface area contributed by atoms with Gasteiger partial charge in [-0.2, -0.15) is 0 Å². The van der Waals surface area contributed by atoms with Gasteiger partial charge in [0.2, 0.25) is 0 Å². The van der Waals surface area contributed by atoms with Crippen LogP contribution >= 0.6 is 23.2 Å². The molecule has 0 aromatic rings. The van der Waals surface area contributed by atoms with Crippen LogP contribution in [-0.4, -0.2) is 41.0 Å². The molecule has 3 atom stereocenters. The molecule has 1 heterocycles. The van der Waals surface area contributed by atoms with E-state index in [4.69, 9.17) is 37.8 Å². The van der Waals surface area contributed by atoms with E-state index in [0.29, 0.717) is 13.0 Å². The fourth-order valence-electron chi connectivity index (χ4n) is 1.57. The average Bonchev–Trinajstić information content (AvgIpc) is 2.54. The number of hydrogen-bond acceptors (Lipinski definition) is 3. The second-order valence-electron chi connectivity index (χ2n) is 4.26. The Labute approximate surface area is 106 Å². The van der Waals surface area contributed by atoms with Gasteiger partial charge < -0.3 is 14.6 Å². The molecular weight excluding hydrogens is 251 g/mol. The molecule has 0 amide bonds. The highest BCUT2D eigenvalue weighted by molar-refractivity contribution is 6.30. The Bertz CT molecular complexity index is 243. The largest absolute Gasteiger partial charge is 0.392 e. The van der Waals surface area contributed by atoms with Crippen LogP contribution in [0.3, 0.4) is 0 Å². The fraction of sp³-hybridized carbons (Fsp3) is 0.818. The van der Waals surface area contributed by atoms with Crippen molar-refractivity contribution in [2.45, 2.75) is 42.9 Å². The molecule has 0 radical (unpaired) electrons. The van der Waals surface area contributed by atoms with Crippen LogP contribution in [0, 0.1) is 0 Å². The van der Waals surface area contributed by atoms with E-state index in [0.717, 1.165) is 0 Å². The van der Waals surface area contributed by atoms with Gasteiger partial charge in [-0.15, -0.1) is 23.2 Å². The Morgan fingerprint density at radius 3 is 2.69 bits per heavy atom. The summed E-state index contributed by atoms with van der Waals surface area (Å²) in [7, 11) is 0. The average molecular weight is 269 g/mol. The van der Waals surface area contributed by atoms with Crippen molar-refractivity contribution in [1.29, 1.82) is 0 Å². The van der Waals surface area contributed by atoms with Crippen molar-refractivity contribution in [3.05, 3.63) is 12.2 Å². The minimum atomic E-state index is -0.524. The smallest absolute Gasteiger partial charge is 0.163 e. The van der Waals surface area contributed by atoms with Crippen LogP contribution in [0.1, 0.15) is 20.3 Å². The molecule has 1 rings (SSSR count). The first-order valence-corrected chi connectivity index (χ1v) is 6.19. The number of aliphatic hydroxyl groups excluding tert-OH is 1. The van der Waals surface area contributed by atoms with Crippen LogP contribution in [0.2, 0.25) is 0 Å². The summed E-state index contributed by atoms with van der Waals surface area (Å²) in [6.07, 6.45) is 3.90. The topological polar surface area (TPSA) is 38.7 Å². The summed E-state index contributed by atoms with van der Waals surface area (Å²) in [6.45, 7) is 4.27. The molecule has 16 heavy (non-hydrogen) atoms. The molecule has 0 aliphatic carbocycles. The van der Waals surface area contributed by atoms with E-state index in [-0.39, 0.29) is 23.5 Å². The number of ether oxygens (including phenoxy) is 2. The quantitative estimate of drug-likeness (QED) is 0.614. The van der Waals surface area contributed by atoms with E-state index in [1.54, 1.807) is 12.2 Å². The molecule has 3 nitrogen and oxygen atoms in total. The van der Waals surface area contributed by atoms with E-state index in [1.165, 1.54) is 0 Å². The van der Waals surface area contributed by atoms with Gasteiger partial charge in [-0.05, 0) is 20.3 Å². The zero-order valence-electron chi connectivity index (χ0n) is 9.53. The summed E-state index contributed by atoms with van der Waals surface area (Å²) in [5.74, 6) is -0.524. The lowest BCUT2D eigenvalue weighted by atomic mass is 10.1. The van der Waals surface area contributed by atoms with Crippen molar-refractivity contribution in [3.8, 4) is 0 Å². The minimum Gasteiger partial charge on any atom is -0.392 e. The van der Waals surface area contributed by atoms with Gasteiger partial charge in [0, 0.05) is 0 Å². The Hall–Kier alpha value is 0.200. The molecule has 1 aliphatic rings. The van der Waals surface area contributed by atoms with Crippen molar-refractivity contribution in [1.82, 2.24) is 0 Å². The Morgan fingerprint density at radius 2 is 2.19 bits per heavy atom. The Kier molecular flexibility index (Phi) is 5.54. The highest BCUT2D eigenvalue weighted by atomic mass is 35.5. The van der Waals surface area contributed by atoms with E-state index < -0.39 is 5.79 Å². The fourth-order valence-corrected chi connectivity index (χ4v) is 2.06. The molecule has 94 valence electrons. The molecule has 1 fully saturated rings. The van der Waals surface area contributed by atoms with Crippen LogP contribution in [-0.2, 0) is 9.47 Å². The van der Waals surface area contributed by atoms with Crippen LogP contribution in [0.15, 0.2) is 12.2 Å². The van der Waals surface area contributed by atoms with Gasteiger partial charge in [0.1, 0.15) is 0 Å². The Morgan fingerprint density at radius 1 is 1.50 bits per heavy atom. The number of hydrogen-bond donors (Lipinski definition) is 1. The SMILES string of the molecule is CC1(C)OC[C@@H](C[C@@H](Cl)[C@@H](Cl)/C=C/CO)O1. The predicted molar refractivity (Wildman–Crippen MR) is 65.0 cm³/mol. The third-order valence-corrected chi connectivity index (χ3v) is 3.35. The van der Waals surface area contributed by atoms with Crippen molar-refractivity contribution < 1.29 is 14.6 Å². The summed E-state index contributed by atoms with van der Waals surface area (Å²) in [6, 6.07) is 0. The van der Waals surface area contributed by atoms with Gasteiger partial charge in [0.15, 0.2) is 5.79 Å². The van der Waals surface area contributed by atoms with Crippen molar-refractivity contribution >= 4 is 23.2 Å². The summed E-state index contributed by atoms with van der Waals surface area (Å²) < 4.78 is 11.1. The van der Waals surface area contributed by atoms with Crippen LogP contribution < -0.4 is 0 Å². The molecule has 0 saturated carbocycles. The number of allylic oxidation sites excluding steroid dienone is 1. The first kappa shape index (κ1) is 14.3. The van der Waals surface area contributed by atoms with Gasteiger partial charge >= 0.3 is 0 Å². The number of alkyl halides is 2. The van der Waals surface area contributed by atoms with Crippen LogP contribution in [0.25, 0.3) is 0 Å². The third-order valence-electron chi connectivity index (χ3n) is 2.33. The van der Waals surface area contributed by atoms with Gasteiger partial charge in [-0.25, -0.2) is 0 Å². The molecular formula is C11H18Cl2O3. The molecule has 1 N–H and O–H groups in total. The van der Waals surface area contributed by atoms with Crippen molar-refractivity contribution in [3.63, 3.8) is 0 Å². The first-order valence-electron chi connectivity index (χ1n) is 5.32. The summed E-state index contributed by atoms with van der Waals surface area (Å²) in [4.78, 5) is 0. The maximum Gasteiger partial charge on any atom is 0.163 e. The number of aliphatic hydroxyl groups is 1. The Balaban J connectivity index is 2.34. The van der Waals surface area contributed by atoms with Gasteiger partial charge in [-0.1, -0.05) is 12.2 Å². The molecule has 1 saturated heterocycles. The third kappa shape index (κ3) is 4.60. The number of halogens is 2. The molecule has 1 aliphatic heterocycles. The van der Waals surface area contributed by atoms with Gasteiger partial charge in [0.05, 0.1) is 30.1 Å². The van der Waals surface area contributed by atoms with E-state index in [1.807, 2.05) is 13.8 Å². The lowest BCUT2D eigenvalue weighted by molar-refractivity contribution is -0.138. The molecule has 0 spiro atoms. The predicted octanol–water partition coefficient (Wildman–Crippen LogP) is 2.29. The van der Waals surface area contributed by atoms with Crippen molar-refractivity contribution in [2.75, 3.05) is 13.2 Å². The molecule has 5 heteroatoms. The molecule has 0 bridgehead atoms. The monoisotopic (exact) mass is 268 g/mol. The summed E-state index contributed by atoms with van der Waals surface area (Å²) in [5.41, 5.74) is 0. The van der Waals surface area contributed by atoms with E-state index in [9.17, 15) is 0 Å². The van der Waals surface area contributed by atoms with Gasteiger partial charge in [0.25, 0.3) is 0 Å². The second-order valence-corrected chi connectivity index (χ2v) is 5.32. The molecule has 0 aromatic carbocycles. The normalized spacial score (nSPS) is 28.4. The maximum atomic E-state index is 8.62. The van der Waals surface area contributed by atoms with Crippen molar-refractivity contribution in [2.24, 2.45) is 0 Å². The van der Waals surface area contributed by atoms with E-state index in [2.05, 4.69) is 0 Å². The van der Waals surface area contributed by atoms with Crippen LogP contribution in [0.5, 0.6) is 0 Å². The zero-order chi connectivity index (χ0) is 12.2. The standard InChI is InChI=1S/C11H18Cl2O3/c1-11(2)15-7-8(16-11)6-10(13)9(12)4-3-5-14/h3-4,8-10,14H,5-7H2,1-2H3/b4-3+/t8-,9+,10-/m1/s1. The lowest BCUT2D eigenvalue weighted by Gasteiger charge is -2.19. The summed E-state index contributed by atoms with van der Waals surface area (Å²) in [5, 5.41) is 8.08. The second kappa shape index (κ2) is 6.22. The lowest BCUT2D eigenvalue weighted by Crippen LogP contribution is -2.25. The number of rotatable bonds is 5. The molecule has 0 aromatic heterocycles. The highest BCUT2D eigenvalue weighted by Crippen LogP contribution is 2.27. The van der Waals surface area contributed by atoms with Gasteiger partial charge in [-0.3, -0.25) is 0 Å². The van der Waals surface area contributed by atoms with E-state index >= 15 is 0 Å². The van der Waals surface area contributed by atoms with Crippen LogP contribution in [0.4, 0.5) is 0 Å². The summed E-state index contributed by atoms with van der Waals surface area (Å²) >= 11 is 12.2. The maximum absolute atomic E-state index is 8.62. The highest BCUT2D eigenvalue weighted by Gasteiger charge is 2.34. The zero-order valence-corrected chi connectivity index (χ0v) is 11.0. The minimum absolute atomic E-state index is 0.0127.